The maximum absolute atomic E-state index is 12.6. The lowest BCUT2D eigenvalue weighted by atomic mass is 10.1. The molecule has 2 aromatic rings. The number of para-hydroxylation sites is 1. The van der Waals surface area contributed by atoms with Gasteiger partial charge in [0, 0.05) is 19.6 Å². The van der Waals surface area contributed by atoms with Crippen LogP contribution in [0.1, 0.15) is 18.4 Å². The van der Waals surface area contributed by atoms with Crippen LogP contribution in [0.5, 0.6) is 5.75 Å². The molecule has 1 fully saturated rings. The molecule has 2 heterocycles. The first-order valence-corrected chi connectivity index (χ1v) is 10.1. The molecular formula is C19H22N2O3S. The summed E-state index contributed by atoms with van der Waals surface area (Å²) in [4.78, 5) is 2.61. The van der Waals surface area contributed by atoms with Crippen molar-refractivity contribution in [3.05, 3.63) is 60.2 Å². The maximum Gasteiger partial charge on any atom is 0.244 e. The minimum absolute atomic E-state index is 0.140. The second-order valence-electron chi connectivity index (χ2n) is 6.67. The van der Waals surface area contributed by atoms with E-state index in [1.807, 2.05) is 24.3 Å². The zero-order chi connectivity index (χ0) is 17.3. The summed E-state index contributed by atoms with van der Waals surface area (Å²) in [6, 6.07) is 17.0. The van der Waals surface area contributed by atoms with Crippen LogP contribution in [-0.2, 0) is 16.6 Å². The molecule has 132 valence electrons. The predicted octanol–water partition coefficient (Wildman–Crippen LogP) is 2.39. The van der Waals surface area contributed by atoms with Gasteiger partial charge in [0.15, 0.2) is 0 Å². The van der Waals surface area contributed by atoms with Gasteiger partial charge in [-0.2, -0.15) is 0 Å². The smallest absolute Gasteiger partial charge is 0.244 e. The number of nitrogens with one attached hydrogen (secondary N) is 1. The van der Waals surface area contributed by atoms with Crippen LogP contribution in [0.25, 0.3) is 0 Å². The van der Waals surface area contributed by atoms with Gasteiger partial charge in [-0.05, 0) is 30.5 Å². The highest BCUT2D eigenvalue weighted by molar-refractivity contribution is 7.89. The molecule has 0 amide bonds. The summed E-state index contributed by atoms with van der Waals surface area (Å²) in [5, 5.41) is 0. The first kappa shape index (κ1) is 16.6. The molecular weight excluding hydrogens is 336 g/mol. The van der Waals surface area contributed by atoms with Crippen molar-refractivity contribution >= 4 is 10.0 Å². The lowest BCUT2D eigenvalue weighted by molar-refractivity contribution is 0.156. The second kappa shape index (κ2) is 6.78. The number of benzene rings is 2. The molecule has 0 aliphatic carbocycles. The van der Waals surface area contributed by atoms with Crippen molar-refractivity contribution in [1.29, 1.82) is 0 Å². The van der Waals surface area contributed by atoms with E-state index in [0.717, 1.165) is 32.5 Å². The highest BCUT2D eigenvalue weighted by Crippen LogP contribution is 2.31. The molecule has 0 aromatic heterocycles. The van der Waals surface area contributed by atoms with Crippen molar-refractivity contribution in [2.45, 2.75) is 36.4 Å². The fraction of sp³-hybridized carbons (Fsp3) is 0.368. The van der Waals surface area contributed by atoms with Crippen molar-refractivity contribution in [2.24, 2.45) is 0 Å². The fourth-order valence-electron chi connectivity index (χ4n) is 3.60. The van der Waals surface area contributed by atoms with Crippen LogP contribution in [0, 0.1) is 0 Å². The average Bonchev–Trinajstić information content (AvgIpc) is 2.85. The third-order valence-corrected chi connectivity index (χ3v) is 6.44. The molecule has 2 aliphatic rings. The number of likely N-dealkylation sites (tertiary alicyclic amines) is 1. The first-order valence-electron chi connectivity index (χ1n) is 8.66. The van der Waals surface area contributed by atoms with E-state index in [4.69, 9.17) is 4.74 Å². The Bertz CT molecular complexity index is 839. The minimum Gasteiger partial charge on any atom is -0.487 e. The Morgan fingerprint density at radius 2 is 1.72 bits per heavy atom. The zero-order valence-electron chi connectivity index (χ0n) is 14.0. The topological polar surface area (TPSA) is 58.6 Å². The Morgan fingerprint density at radius 1 is 1.00 bits per heavy atom. The SMILES string of the molecule is O=S1(=O)N[C@@H]2CCN(Cc3ccccc3)CC[C@H]2Oc2ccccc21. The van der Waals surface area contributed by atoms with Crippen LogP contribution < -0.4 is 9.46 Å². The van der Waals surface area contributed by atoms with Crippen LogP contribution in [-0.4, -0.2) is 38.6 Å². The van der Waals surface area contributed by atoms with Gasteiger partial charge >= 0.3 is 0 Å². The second-order valence-corrected chi connectivity index (χ2v) is 8.35. The first-order chi connectivity index (χ1) is 12.1. The quantitative estimate of drug-likeness (QED) is 0.896. The molecule has 1 N–H and O–H groups in total. The molecule has 0 spiro atoms. The van der Waals surface area contributed by atoms with E-state index < -0.39 is 10.0 Å². The van der Waals surface area contributed by atoms with Crippen LogP contribution in [0.2, 0.25) is 0 Å². The number of sulfonamides is 1. The molecule has 2 atom stereocenters. The normalized spacial score (nSPS) is 25.8. The fourth-order valence-corrected chi connectivity index (χ4v) is 5.04. The summed E-state index contributed by atoms with van der Waals surface area (Å²) in [6.07, 6.45) is 1.40. The molecule has 0 saturated carbocycles. The van der Waals surface area contributed by atoms with Crippen LogP contribution >= 0.6 is 0 Å². The lowest BCUT2D eigenvalue weighted by Crippen LogP contribution is -2.43. The number of fused-ring (bicyclic) bond motifs is 2. The number of hydrogen-bond donors (Lipinski definition) is 1. The van der Waals surface area contributed by atoms with Crippen molar-refractivity contribution in [3.63, 3.8) is 0 Å². The number of hydrogen-bond acceptors (Lipinski definition) is 4. The molecule has 25 heavy (non-hydrogen) atoms. The van der Waals surface area contributed by atoms with Gasteiger partial charge in [0.2, 0.25) is 10.0 Å². The van der Waals surface area contributed by atoms with Gasteiger partial charge in [-0.15, -0.1) is 0 Å². The number of ether oxygens (including phenoxy) is 1. The molecule has 0 unspecified atom stereocenters. The predicted molar refractivity (Wildman–Crippen MR) is 95.9 cm³/mol. The van der Waals surface area contributed by atoms with E-state index in [-0.39, 0.29) is 17.0 Å². The molecule has 0 radical (unpaired) electrons. The van der Waals surface area contributed by atoms with Gasteiger partial charge in [-0.1, -0.05) is 42.5 Å². The largest absolute Gasteiger partial charge is 0.487 e. The summed E-state index contributed by atoms with van der Waals surface area (Å²) in [5.41, 5.74) is 1.27. The molecule has 4 rings (SSSR count). The van der Waals surface area contributed by atoms with E-state index in [9.17, 15) is 8.42 Å². The van der Waals surface area contributed by atoms with Crippen molar-refractivity contribution in [1.82, 2.24) is 9.62 Å². The summed E-state index contributed by atoms with van der Waals surface area (Å²) >= 11 is 0. The van der Waals surface area contributed by atoms with Crippen LogP contribution in [0.4, 0.5) is 0 Å². The minimum atomic E-state index is -3.53. The number of nitrogens with zero attached hydrogens (tertiary/aromatic N) is 1. The Hall–Kier alpha value is -1.89. The molecule has 2 aliphatic heterocycles. The third-order valence-electron chi connectivity index (χ3n) is 4.91. The Labute approximate surface area is 148 Å². The summed E-state index contributed by atoms with van der Waals surface area (Å²) in [7, 11) is -3.53. The van der Waals surface area contributed by atoms with E-state index in [1.165, 1.54) is 5.56 Å². The molecule has 1 saturated heterocycles. The van der Waals surface area contributed by atoms with Gasteiger partial charge < -0.3 is 4.74 Å². The van der Waals surface area contributed by atoms with Gasteiger partial charge in [-0.3, -0.25) is 4.90 Å². The number of rotatable bonds is 2. The molecule has 5 nitrogen and oxygen atoms in total. The summed E-state index contributed by atoms with van der Waals surface area (Å²) < 4.78 is 34.2. The van der Waals surface area contributed by atoms with E-state index in [1.54, 1.807) is 18.2 Å². The molecule has 6 heteroatoms. The van der Waals surface area contributed by atoms with Crippen molar-refractivity contribution in [3.8, 4) is 5.75 Å². The average molecular weight is 358 g/mol. The highest BCUT2D eigenvalue weighted by Gasteiger charge is 2.36. The zero-order valence-corrected chi connectivity index (χ0v) is 14.8. The van der Waals surface area contributed by atoms with Gasteiger partial charge in [0.25, 0.3) is 0 Å². The Kier molecular flexibility index (Phi) is 4.50. The van der Waals surface area contributed by atoms with Gasteiger partial charge in [0.1, 0.15) is 16.7 Å². The lowest BCUT2D eigenvalue weighted by Gasteiger charge is -2.22. The van der Waals surface area contributed by atoms with E-state index in [2.05, 4.69) is 21.8 Å². The summed E-state index contributed by atoms with van der Waals surface area (Å²) in [5.74, 6) is 0.457. The standard InChI is InChI=1S/C19H22N2O3S/c22-25(23)19-9-5-4-8-18(19)24-17-11-13-21(12-10-16(17)20-25)14-15-6-2-1-3-7-15/h1-9,16-17,20H,10-14H2/t16-,17-/m1/s1. The van der Waals surface area contributed by atoms with Crippen LogP contribution in [0.15, 0.2) is 59.5 Å². The monoisotopic (exact) mass is 358 g/mol. The third kappa shape index (κ3) is 3.56. The van der Waals surface area contributed by atoms with E-state index in [0.29, 0.717) is 5.75 Å². The Morgan fingerprint density at radius 3 is 2.56 bits per heavy atom. The van der Waals surface area contributed by atoms with Crippen molar-refractivity contribution in [2.75, 3.05) is 13.1 Å². The molecule has 0 bridgehead atoms. The Balaban J connectivity index is 1.53. The van der Waals surface area contributed by atoms with Crippen molar-refractivity contribution < 1.29 is 13.2 Å². The summed E-state index contributed by atoms with van der Waals surface area (Å²) in [6.45, 7) is 2.61. The van der Waals surface area contributed by atoms with Gasteiger partial charge in [-0.25, -0.2) is 13.1 Å². The maximum atomic E-state index is 12.6. The molecule has 2 aromatic carbocycles. The van der Waals surface area contributed by atoms with E-state index >= 15 is 0 Å². The van der Waals surface area contributed by atoms with Gasteiger partial charge in [0.05, 0.1) is 6.04 Å². The highest BCUT2D eigenvalue weighted by atomic mass is 32.2. The van der Waals surface area contributed by atoms with Crippen LogP contribution in [0.3, 0.4) is 0 Å².